The first-order valence-electron chi connectivity index (χ1n) is 8.52. The smallest absolute Gasteiger partial charge is 0.330 e. The third-order valence-electron chi connectivity index (χ3n) is 3.72. The van der Waals surface area contributed by atoms with Crippen LogP contribution < -0.4 is 0 Å². The van der Waals surface area contributed by atoms with E-state index in [1.54, 1.807) is 38.1 Å². The number of H-pyrrole nitrogens is 1. The molecule has 28 heavy (non-hydrogen) atoms. The lowest BCUT2D eigenvalue weighted by atomic mass is 10.1. The Labute approximate surface area is 169 Å². The van der Waals surface area contributed by atoms with Crippen molar-refractivity contribution in [1.29, 1.82) is 0 Å². The van der Waals surface area contributed by atoms with E-state index in [0.717, 1.165) is 10.5 Å². The number of halogens is 1. The number of aromatic amines is 1. The van der Waals surface area contributed by atoms with E-state index < -0.39 is 16.9 Å². The van der Waals surface area contributed by atoms with Crippen LogP contribution in [0.15, 0.2) is 34.8 Å². The van der Waals surface area contributed by atoms with E-state index in [2.05, 4.69) is 20.9 Å². The monoisotopic (exact) mass is 450 g/mol. The normalized spacial score (nSPS) is 10.8. The third kappa shape index (κ3) is 5.29. The van der Waals surface area contributed by atoms with Crippen molar-refractivity contribution in [1.82, 2.24) is 4.98 Å². The average Bonchev–Trinajstić information content (AvgIpc) is 2.99. The molecule has 1 heterocycles. The van der Waals surface area contributed by atoms with E-state index in [0.29, 0.717) is 5.56 Å². The van der Waals surface area contributed by atoms with Gasteiger partial charge in [0.05, 0.1) is 30.1 Å². The van der Waals surface area contributed by atoms with Crippen LogP contribution in [0.2, 0.25) is 0 Å². The van der Waals surface area contributed by atoms with Crippen molar-refractivity contribution >= 4 is 39.6 Å². The Bertz CT molecular complexity index is 902. The summed E-state index contributed by atoms with van der Waals surface area (Å²) in [6.07, 6.45) is 2.21. The molecule has 0 saturated heterocycles. The van der Waals surface area contributed by atoms with Gasteiger partial charge in [-0.25, -0.2) is 4.79 Å². The Morgan fingerprint density at radius 3 is 2.39 bits per heavy atom. The Balaban J connectivity index is 2.59. The zero-order valence-corrected chi connectivity index (χ0v) is 16.9. The third-order valence-corrected chi connectivity index (χ3v) is 4.25. The molecule has 1 N–H and O–H groups in total. The number of hydrogen-bond acceptors (Lipinski definition) is 6. The predicted octanol–water partition coefficient (Wildman–Crippen LogP) is 4.03. The van der Waals surface area contributed by atoms with Crippen LogP contribution in [0.5, 0.6) is 0 Å². The number of aromatic nitrogens is 1. The molecule has 9 heteroatoms. The van der Waals surface area contributed by atoms with Gasteiger partial charge in [-0.05, 0) is 32.1 Å². The number of carbonyl (C=O) groups excluding carboxylic acids is 2. The fourth-order valence-electron chi connectivity index (χ4n) is 2.59. The largest absolute Gasteiger partial charge is 0.466 e. The molecule has 2 aromatic rings. The highest BCUT2D eigenvalue weighted by molar-refractivity contribution is 9.10. The predicted molar refractivity (Wildman–Crippen MR) is 107 cm³/mol. The second kappa shape index (κ2) is 9.84. The van der Waals surface area contributed by atoms with Crippen molar-refractivity contribution in [2.45, 2.75) is 20.3 Å². The molecule has 8 nitrogen and oxygen atoms in total. The van der Waals surface area contributed by atoms with E-state index in [-0.39, 0.29) is 42.3 Å². The molecule has 0 unspecified atom stereocenters. The van der Waals surface area contributed by atoms with Gasteiger partial charge in [0, 0.05) is 21.8 Å². The summed E-state index contributed by atoms with van der Waals surface area (Å²) < 4.78 is 10.6. The van der Waals surface area contributed by atoms with Crippen molar-refractivity contribution < 1.29 is 24.0 Å². The standard InChI is InChI=1S/C19H19BrN2O6/c1-3-27-16(23)10-9-15-14(11-17(24)28-4-2)19(22(25)26)18(21-15)12-5-7-13(20)8-6-12/h5-10,21H,3-4,11H2,1-2H3/b10-9+. The lowest BCUT2D eigenvalue weighted by molar-refractivity contribution is -0.384. The Hall–Kier alpha value is -2.94. The fourth-order valence-corrected chi connectivity index (χ4v) is 2.86. The van der Waals surface area contributed by atoms with Gasteiger partial charge < -0.3 is 14.5 Å². The maximum Gasteiger partial charge on any atom is 0.330 e. The lowest BCUT2D eigenvalue weighted by Crippen LogP contribution is -2.09. The zero-order chi connectivity index (χ0) is 20.7. The van der Waals surface area contributed by atoms with Crippen LogP contribution in [0.4, 0.5) is 5.69 Å². The summed E-state index contributed by atoms with van der Waals surface area (Å²) in [5.41, 5.74) is 0.975. The zero-order valence-electron chi connectivity index (χ0n) is 15.4. The first-order chi connectivity index (χ1) is 13.4. The average molecular weight is 451 g/mol. The van der Waals surface area contributed by atoms with E-state index >= 15 is 0 Å². The molecule has 0 aliphatic rings. The lowest BCUT2D eigenvalue weighted by Gasteiger charge is -2.02. The number of hydrogen-bond donors (Lipinski definition) is 1. The molecular weight excluding hydrogens is 432 g/mol. The van der Waals surface area contributed by atoms with E-state index in [9.17, 15) is 19.7 Å². The molecule has 0 amide bonds. The molecule has 0 atom stereocenters. The summed E-state index contributed by atoms with van der Waals surface area (Å²) in [6.45, 7) is 3.68. The first kappa shape index (κ1) is 21.4. The van der Waals surface area contributed by atoms with Crippen LogP contribution in [-0.4, -0.2) is 35.1 Å². The number of nitrogens with one attached hydrogen (secondary N) is 1. The van der Waals surface area contributed by atoms with Gasteiger partial charge in [0.25, 0.3) is 5.69 Å². The number of esters is 2. The van der Waals surface area contributed by atoms with Crippen LogP contribution in [0.25, 0.3) is 17.3 Å². The van der Waals surface area contributed by atoms with Crippen molar-refractivity contribution in [3.05, 3.63) is 56.2 Å². The summed E-state index contributed by atoms with van der Waals surface area (Å²) in [5, 5.41) is 11.8. The molecule has 2 rings (SSSR count). The summed E-state index contributed by atoms with van der Waals surface area (Å²) in [5.74, 6) is -1.19. The minimum Gasteiger partial charge on any atom is -0.466 e. The molecule has 1 aromatic carbocycles. The minimum atomic E-state index is -0.599. The van der Waals surface area contributed by atoms with Crippen molar-refractivity contribution in [3.63, 3.8) is 0 Å². The highest BCUT2D eigenvalue weighted by Crippen LogP contribution is 2.36. The van der Waals surface area contributed by atoms with E-state index in [1.165, 1.54) is 6.08 Å². The quantitative estimate of drug-likeness (QED) is 0.281. The van der Waals surface area contributed by atoms with Crippen molar-refractivity contribution in [3.8, 4) is 11.3 Å². The number of rotatable bonds is 8. The second-order valence-electron chi connectivity index (χ2n) is 5.57. The highest BCUT2D eigenvalue weighted by Gasteiger charge is 2.29. The molecule has 0 fully saturated rings. The second-order valence-corrected chi connectivity index (χ2v) is 6.49. The van der Waals surface area contributed by atoms with Crippen LogP contribution in [-0.2, 0) is 25.5 Å². The van der Waals surface area contributed by atoms with Gasteiger partial charge in [0.2, 0.25) is 0 Å². The number of nitrogens with zero attached hydrogens (tertiary/aromatic N) is 1. The number of ether oxygens (including phenoxy) is 2. The van der Waals surface area contributed by atoms with E-state index in [4.69, 9.17) is 9.47 Å². The van der Waals surface area contributed by atoms with Gasteiger partial charge in [0.15, 0.2) is 0 Å². The number of nitro groups is 1. The summed E-state index contributed by atoms with van der Waals surface area (Å²) >= 11 is 3.32. The molecule has 148 valence electrons. The van der Waals surface area contributed by atoms with Gasteiger partial charge in [-0.2, -0.15) is 0 Å². The highest BCUT2D eigenvalue weighted by atomic mass is 79.9. The molecule has 0 saturated carbocycles. The minimum absolute atomic E-state index is 0.141. The first-order valence-corrected chi connectivity index (χ1v) is 9.32. The molecular formula is C19H19BrN2O6. The Morgan fingerprint density at radius 2 is 1.82 bits per heavy atom. The Kier molecular flexibility index (Phi) is 7.51. The summed E-state index contributed by atoms with van der Waals surface area (Å²) in [7, 11) is 0. The number of carbonyl (C=O) groups is 2. The maximum absolute atomic E-state index is 12.0. The van der Waals surface area contributed by atoms with Gasteiger partial charge >= 0.3 is 11.9 Å². The van der Waals surface area contributed by atoms with Gasteiger partial charge in [-0.15, -0.1) is 0 Å². The number of benzene rings is 1. The molecule has 0 aliphatic carbocycles. The molecule has 1 aromatic heterocycles. The van der Waals surface area contributed by atoms with Gasteiger partial charge in [-0.3, -0.25) is 14.9 Å². The van der Waals surface area contributed by atoms with Crippen LogP contribution in [0, 0.1) is 10.1 Å². The van der Waals surface area contributed by atoms with Gasteiger partial charge in [0.1, 0.15) is 5.69 Å². The van der Waals surface area contributed by atoms with E-state index in [1.807, 2.05) is 0 Å². The van der Waals surface area contributed by atoms with Crippen LogP contribution >= 0.6 is 15.9 Å². The topological polar surface area (TPSA) is 112 Å². The molecule has 0 radical (unpaired) electrons. The van der Waals surface area contributed by atoms with Gasteiger partial charge in [-0.1, -0.05) is 28.1 Å². The Morgan fingerprint density at radius 1 is 1.18 bits per heavy atom. The molecule has 0 spiro atoms. The van der Waals surface area contributed by atoms with Crippen LogP contribution in [0.3, 0.4) is 0 Å². The molecule has 0 bridgehead atoms. The van der Waals surface area contributed by atoms with Crippen molar-refractivity contribution in [2.24, 2.45) is 0 Å². The van der Waals surface area contributed by atoms with Crippen LogP contribution in [0.1, 0.15) is 25.1 Å². The SMILES string of the molecule is CCOC(=O)/C=C/c1[nH]c(-c2ccc(Br)cc2)c([N+](=O)[O-])c1CC(=O)OCC. The van der Waals surface area contributed by atoms with Crippen molar-refractivity contribution in [2.75, 3.05) is 13.2 Å². The maximum atomic E-state index is 12.0. The summed E-state index contributed by atoms with van der Waals surface area (Å²) in [6, 6.07) is 6.91. The fraction of sp³-hybridized carbons (Fsp3) is 0.263. The summed E-state index contributed by atoms with van der Waals surface area (Å²) in [4.78, 5) is 37.8. The molecule has 0 aliphatic heterocycles.